The standard InChI is InChI=1S/C20H28N6O3S/c1-15-20(16(2)26(23-15)18-5-11-30(28,29)14-18)25-9-7-24(8-10-25)13-19(27)22-17-4-3-6-21-12-17/h3-4,6,12,18H,5,7-11,13-14H2,1-2H3,(H,22,27)/t18-/m0/s1. The minimum atomic E-state index is -2.95. The number of aromatic nitrogens is 3. The normalized spacial score (nSPS) is 21.7. The maximum atomic E-state index is 12.3. The van der Waals surface area contributed by atoms with Crippen molar-refractivity contribution < 1.29 is 13.2 Å². The molecule has 2 aromatic rings. The lowest BCUT2D eigenvalue weighted by Gasteiger charge is -2.35. The van der Waals surface area contributed by atoms with Gasteiger partial charge in [-0.2, -0.15) is 5.10 Å². The van der Waals surface area contributed by atoms with Gasteiger partial charge in [-0.25, -0.2) is 8.42 Å². The Balaban J connectivity index is 1.36. The van der Waals surface area contributed by atoms with Gasteiger partial charge in [-0.1, -0.05) is 0 Å². The van der Waals surface area contributed by atoms with Crippen LogP contribution < -0.4 is 10.2 Å². The number of hydrogen-bond acceptors (Lipinski definition) is 7. The molecule has 30 heavy (non-hydrogen) atoms. The van der Waals surface area contributed by atoms with E-state index >= 15 is 0 Å². The Bertz CT molecular complexity index is 1010. The van der Waals surface area contributed by atoms with Crippen LogP contribution >= 0.6 is 0 Å². The van der Waals surface area contributed by atoms with E-state index in [1.165, 1.54) is 0 Å². The Labute approximate surface area is 177 Å². The first-order valence-electron chi connectivity index (χ1n) is 10.3. The lowest BCUT2D eigenvalue weighted by Crippen LogP contribution is -2.49. The van der Waals surface area contributed by atoms with Crippen LogP contribution in [0.15, 0.2) is 24.5 Å². The van der Waals surface area contributed by atoms with Crippen LogP contribution in [0.5, 0.6) is 0 Å². The molecule has 10 heteroatoms. The van der Waals surface area contributed by atoms with Crippen molar-refractivity contribution in [2.75, 3.05) is 54.4 Å². The molecule has 2 aliphatic rings. The van der Waals surface area contributed by atoms with Crippen LogP contribution in [0.25, 0.3) is 0 Å². The number of amides is 1. The maximum Gasteiger partial charge on any atom is 0.238 e. The number of anilines is 2. The van der Waals surface area contributed by atoms with E-state index in [-0.39, 0.29) is 23.5 Å². The number of carbonyl (C=O) groups excluding carboxylic acids is 1. The third-order valence-electron chi connectivity index (χ3n) is 5.84. The summed E-state index contributed by atoms with van der Waals surface area (Å²) in [7, 11) is -2.95. The van der Waals surface area contributed by atoms with Crippen LogP contribution in [0.3, 0.4) is 0 Å². The van der Waals surface area contributed by atoms with Crippen LogP contribution in [0, 0.1) is 13.8 Å². The number of piperazine rings is 1. The van der Waals surface area contributed by atoms with Crippen molar-refractivity contribution in [1.82, 2.24) is 19.7 Å². The quantitative estimate of drug-likeness (QED) is 0.753. The summed E-state index contributed by atoms with van der Waals surface area (Å²) in [5.41, 5.74) is 3.75. The summed E-state index contributed by atoms with van der Waals surface area (Å²) in [5.74, 6) is 0.374. The van der Waals surface area contributed by atoms with Gasteiger partial charge in [0.15, 0.2) is 9.84 Å². The summed E-state index contributed by atoms with van der Waals surface area (Å²) in [6.07, 6.45) is 3.94. The lowest BCUT2D eigenvalue weighted by atomic mass is 10.2. The Kier molecular flexibility index (Phi) is 5.79. The summed E-state index contributed by atoms with van der Waals surface area (Å²) in [4.78, 5) is 20.7. The van der Waals surface area contributed by atoms with Gasteiger partial charge in [-0.05, 0) is 32.4 Å². The van der Waals surface area contributed by atoms with Crippen molar-refractivity contribution >= 4 is 27.1 Å². The van der Waals surface area contributed by atoms with E-state index in [9.17, 15) is 13.2 Å². The molecule has 1 N–H and O–H groups in total. The van der Waals surface area contributed by atoms with E-state index < -0.39 is 9.84 Å². The molecule has 2 aliphatic heterocycles. The van der Waals surface area contributed by atoms with Gasteiger partial charge in [0.05, 0.1) is 53.1 Å². The molecular formula is C20H28N6O3S. The summed E-state index contributed by atoms with van der Waals surface area (Å²) in [6.45, 7) is 7.52. The Morgan fingerprint density at radius 3 is 2.63 bits per heavy atom. The number of sulfone groups is 1. The molecule has 0 aromatic carbocycles. The molecule has 0 spiro atoms. The maximum absolute atomic E-state index is 12.3. The fourth-order valence-corrected chi connectivity index (χ4v) is 6.10. The zero-order valence-electron chi connectivity index (χ0n) is 17.4. The van der Waals surface area contributed by atoms with Crippen molar-refractivity contribution in [1.29, 1.82) is 0 Å². The highest BCUT2D eigenvalue weighted by Crippen LogP contribution is 2.31. The largest absolute Gasteiger partial charge is 0.366 e. The number of carbonyl (C=O) groups is 1. The van der Waals surface area contributed by atoms with Crippen molar-refractivity contribution in [3.63, 3.8) is 0 Å². The smallest absolute Gasteiger partial charge is 0.238 e. The van der Waals surface area contributed by atoms with Crippen LogP contribution in [-0.4, -0.2) is 78.2 Å². The molecule has 0 unspecified atom stereocenters. The molecule has 0 radical (unpaired) electrons. The number of nitrogens with zero attached hydrogens (tertiary/aromatic N) is 5. The van der Waals surface area contributed by atoms with E-state index in [1.54, 1.807) is 18.5 Å². The summed E-state index contributed by atoms with van der Waals surface area (Å²) in [6, 6.07) is 3.54. The van der Waals surface area contributed by atoms with Gasteiger partial charge in [0.2, 0.25) is 5.91 Å². The fourth-order valence-electron chi connectivity index (χ4n) is 4.41. The third kappa shape index (κ3) is 4.49. The molecule has 1 atom stereocenters. The molecule has 1 amide bonds. The highest BCUT2D eigenvalue weighted by molar-refractivity contribution is 7.91. The van der Waals surface area contributed by atoms with Gasteiger partial charge in [-0.15, -0.1) is 0 Å². The molecule has 9 nitrogen and oxygen atoms in total. The fraction of sp³-hybridized carbons (Fsp3) is 0.550. The topological polar surface area (TPSA) is 100 Å². The molecule has 2 saturated heterocycles. The zero-order chi connectivity index (χ0) is 21.3. The second kappa shape index (κ2) is 8.35. The van der Waals surface area contributed by atoms with E-state index in [4.69, 9.17) is 0 Å². The minimum absolute atomic E-state index is 0.0425. The second-order valence-corrected chi connectivity index (χ2v) is 10.3. The first kappa shape index (κ1) is 20.8. The van der Waals surface area contributed by atoms with Gasteiger partial charge in [0.25, 0.3) is 0 Å². The molecule has 2 fully saturated rings. The Hall–Kier alpha value is -2.46. The van der Waals surface area contributed by atoms with Crippen LogP contribution in [0.1, 0.15) is 23.9 Å². The van der Waals surface area contributed by atoms with Crippen molar-refractivity contribution in [3.8, 4) is 0 Å². The number of aryl methyl sites for hydroxylation is 1. The number of hydrogen-bond donors (Lipinski definition) is 1. The predicted octanol–water partition coefficient (Wildman–Crippen LogP) is 1.02. The van der Waals surface area contributed by atoms with Gasteiger partial charge in [0.1, 0.15) is 0 Å². The van der Waals surface area contributed by atoms with Gasteiger partial charge in [-0.3, -0.25) is 19.4 Å². The van der Waals surface area contributed by atoms with Crippen molar-refractivity contribution in [2.24, 2.45) is 0 Å². The van der Waals surface area contributed by atoms with E-state index in [0.29, 0.717) is 18.7 Å². The average Bonchev–Trinajstić information content (AvgIpc) is 3.21. The Morgan fingerprint density at radius 2 is 2.00 bits per heavy atom. The van der Waals surface area contributed by atoms with Gasteiger partial charge >= 0.3 is 0 Å². The Morgan fingerprint density at radius 1 is 1.23 bits per heavy atom. The van der Waals surface area contributed by atoms with E-state index in [1.807, 2.05) is 24.6 Å². The number of nitrogens with one attached hydrogen (secondary N) is 1. The van der Waals surface area contributed by atoms with E-state index in [2.05, 4.69) is 25.2 Å². The molecule has 4 rings (SSSR count). The minimum Gasteiger partial charge on any atom is -0.366 e. The highest BCUT2D eigenvalue weighted by Gasteiger charge is 2.32. The van der Waals surface area contributed by atoms with Crippen molar-refractivity contribution in [2.45, 2.75) is 26.3 Å². The first-order chi connectivity index (χ1) is 14.3. The van der Waals surface area contributed by atoms with Crippen molar-refractivity contribution in [3.05, 3.63) is 35.9 Å². The number of rotatable bonds is 5. The number of pyridine rings is 1. The third-order valence-corrected chi connectivity index (χ3v) is 7.59. The molecule has 2 aromatic heterocycles. The van der Waals surface area contributed by atoms with Gasteiger partial charge < -0.3 is 10.2 Å². The SMILES string of the molecule is Cc1nn([C@H]2CCS(=O)(=O)C2)c(C)c1N1CCN(CC(=O)Nc2cccnc2)CC1. The summed E-state index contributed by atoms with van der Waals surface area (Å²) in [5, 5.41) is 7.55. The summed E-state index contributed by atoms with van der Waals surface area (Å²) >= 11 is 0. The molecule has 0 bridgehead atoms. The molecule has 0 saturated carbocycles. The monoisotopic (exact) mass is 432 g/mol. The second-order valence-electron chi connectivity index (χ2n) is 8.07. The summed E-state index contributed by atoms with van der Waals surface area (Å²) < 4.78 is 25.6. The molecule has 4 heterocycles. The molecular weight excluding hydrogens is 404 g/mol. The van der Waals surface area contributed by atoms with Crippen LogP contribution in [0.4, 0.5) is 11.4 Å². The lowest BCUT2D eigenvalue weighted by molar-refractivity contribution is -0.117. The predicted molar refractivity (Wildman–Crippen MR) is 116 cm³/mol. The van der Waals surface area contributed by atoms with Gasteiger partial charge in [0, 0.05) is 32.4 Å². The average molecular weight is 433 g/mol. The zero-order valence-corrected chi connectivity index (χ0v) is 18.2. The highest BCUT2D eigenvalue weighted by atomic mass is 32.2. The van der Waals surface area contributed by atoms with Crippen LogP contribution in [0.2, 0.25) is 0 Å². The van der Waals surface area contributed by atoms with E-state index in [0.717, 1.165) is 43.3 Å². The molecule has 162 valence electrons. The molecule has 0 aliphatic carbocycles. The van der Waals surface area contributed by atoms with Crippen LogP contribution in [-0.2, 0) is 14.6 Å². The first-order valence-corrected chi connectivity index (χ1v) is 12.1.